The summed E-state index contributed by atoms with van der Waals surface area (Å²) in [6.45, 7) is 0.729. The summed E-state index contributed by atoms with van der Waals surface area (Å²) >= 11 is 0. The summed E-state index contributed by atoms with van der Waals surface area (Å²) in [5.41, 5.74) is 0.407. The van der Waals surface area contributed by atoms with Crippen LogP contribution in [0.2, 0.25) is 0 Å². The predicted octanol–water partition coefficient (Wildman–Crippen LogP) is 2.93. The summed E-state index contributed by atoms with van der Waals surface area (Å²) in [5.74, 6) is -3.74. The summed E-state index contributed by atoms with van der Waals surface area (Å²) in [4.78, 5) is 0. The van der Waals surface area contributed by atoms with E-state index in [9.17, 15) is 13.2 Å². The first-order valence-electron chi connectivity index (χ1n) is 6.05. The summed E-state index contributed by atoms with van der Waals surface area (Å²) in [6, 6.07) is 1.83. The number of benzene rings is 1. The van der Waals surface area contributed by atoms with E-state index in [1.165, 1.54) is 0 Å². The molecule has 1 aromatic rings. The number of rotatable bonds is 4. The Hall–Kier alpha value is -1.07. The van der Waals surface area contributed by atoms with E-state index in [0.717, 1.165) is 31.6 Å². The van der Waals surface area contributed by atoms with Crippen LogP contribution in [0.1, 0.15) is 30.9 Å². The van der Waals surface area contributed by atoms with Gasteiger partial charge in [-0.2, -0.15) is 0 Å². The van der Waals surface area contributed by atoms with Gasteiger partial charge in [-0.1, -0.05) is 0 Å². The molecule has 1 aliphatic rings. The van der Waals surface area contributed by atoms with Gasteiger partial charge in [0.1, 0.15) is 0 Å². The lowest BCUT2D eigenvalue weighted by atomic mass is 9.99. The molecule has 0 amide bonds. The fourth-order valence-corrected chi connectivity index (χ4v) is 2.29. The van der Waals surface area contributed by atoms with Crippen molar-refractivity contribution in [3.05, 3.63) is 35.1 Å². The summed E-state index contributed by atoms with van der Waals surface area (Å²) in [6.07, 6.45) is 2.68. The third-order valence-electron chi connectivity index (χ3n) is 3.28. The number of hydrogen-bond donors (Lipinski definition) is 1. The maximum absolute atomic E-state index is 13.2. The van der Waals surface area contributed by atoms with Crippen LogP contribution >= 0.6 is 0 Å². The highest BCUT2D eigenvalue weighted by atomic mass is 19.2. The van der Waals surface area contributed by atoms with Crippen molar-refractivity contribution in [3.63, 3.8) is 0 Å². The molecule has 2 rings (SSSR count). The van der Waals surface area contributed by atoms with Gasteiger partial charge in [-0.3, -0.25) is 0 Å². The van der Waals surface area contributed by atoms with Crippen LogP contribution in [0.3, 0.4) is 0 Å². The second-order valence-corrected chi connectivity index (χ2v) is 4.51. The lowest BCUT2D eigenvalue weighted by molar-refractivity contribution is 0.0953. The third kappa shape index (κ3) is 2.84. The lowest BCUT2D eigenvalue weighted by Crippen LogP contribution is -2.22. The maximum atomic E-state index is 13.2. The molecule has 0 radical (unpaired) electrons. The van der Waals surface area contributed by atoms with Gasteiger partial charge < -0.3 is 10.1 Å². The quantitative estimate of drug-likeness (QED) is 0.839. The first-order chi connectivity index (χ1) is 8.61. The van der Waals surface area contributed by atoms with Crippen LogP contribution in [0.5, 0.6) is 0 Å². The Morgan fingerprint density at radius 2 is 2.00 bits per heavy atom. The molecule has 1 aromatic carbocycles. The monoisotopic (exact) mass is 259 g/mol. The molecule has 0 spiro atoms. The molecule has 2 nitrogen and oxygen atoms in total. The third-order valence-corrected chi connectivity index (χ3v) is 3.28. The normalized spacial score (nSPS) is 21.2. The van der Waals surface area contributed by atoms with E-state index in [4.69, 9.17) is 4.74 Å². The fraction of sp³-hybridized carbons (Fsp3) is 0.538. The van der Waals surface area contributed by atoms with Gasteiger partial charge in [-0.05, 0) is 44.0 Å². The van der Waals surface area contributed by atoms with E-state index in [0.29, 0.717) is 12.0 Å². The zero-order valence-corrected chi connectivity index (χ0v) is 10.2. The van der Waals surface area contributed by atoms with Gasteiger partial charge in [0.25, 0.3) is 0 Å². The van der Waals surface area contributed by atoms with Crippen molar-refractivity contribution >= 4 is 0 Å². The topological polar surface area (TPSA) is 21.3 Å². The van der Waals surface area contributed by atoms with Gasteiger partial charge in [0, 0.05) is 12.6 Å². The smallest absolute Gasteiger partial charge is 0.194 e. The Kier molecular flexibility index (Phi) is 4.24. The van der Waals surface area contributed by atoms with E-state index < -0.39 is 17.5 Å². The van der Waals surface area contributed by atoms with Crippen molar-refractivity contribution in [1.82, 2.24) is 5.32 Å². The van der Waals surface area contributed by atoms with E-state index in [1.54, 1.807) is 7.05 Å². The first-order valence-corrected chi connectivity index (χ1v) is 6.05. The van der Waals surface area contributed by atoms with Gasteiger partial charge >= 0.3 is 0 Å². The van der Waals surface area contributed by atoms with Gasteiger partial charge in [0.15, 0.2) is 17.5 Å². The Bertz CT molecular complexity index is 396. The largest absolute Gasteiger partial charge is 0.378 e. The fourth-order valence-electron chi connectivity index (χ4n) is 2.29. The molecule has 2 unspecified atom stereocenters. The van der Waals surface area contributed by atoms with Crippen molar-refractivity contribution in [2.45, 2.75) is 31.4 Å². The molecule has 1 saturated heterocycles. The molecule has 0 aromatic heterocycles. The van der Waals surface area contributed by atoms with Crippen LogP contribution < -0.4 is 5.32 Å². The molecule has 1 N–H and O–H groups in total. The Labute approximate surface area is 104 Å². The van der Waals surface area contributed by atoms with Crippen LogP contribution in [0, 0.1) is 17.5 Å². The van der Waals surface area contributed by atoms with Crippen LogP contribution in [0.25, 0.3) is 0 Å². The van der Waals surface area contributed by atoms with E-state index in [1.807, 2.05) is 0 Å². The molecule has 0 bridgehead atoms. The molecular formula is C13H16F3NO. The SMILES string of the molecule is CNC(CC1CCCO1)c1cc(F)c(F)c(F)c1. The van der Waals surface area contributed by atoms with Gasteiger partial charge in [-0.15, -0.1) is 0 Å². The molecule has 0 saturated carbocycles. The zero-order valence-electron chi connectivity index (χ0n) is 10.2. The van der Waals surface area contributed by atoms with Gasteiger partial charge in [0.05, 0.1) is 6.10 Å². The maximum Gasteiger partial charge on any atom is 0.194 e. The summed E-state index contributed by atoms with van der Waals surface area (Å²) in [5, 5.41) is 2.98. The van der Waals surface area contributed by atoms with Crippen LogP contribution in [-0.4, -0.2) is 19.8 Å². The highest BCUT2D eigenvalue weighted by molar-refractivity contribution is 5.22. The number of nitrogens with one attached hydrogen (secondary N) is 1. The molecule has 100 valence electrons. The predicted molar refractivity (Wildman–Crippen MR) is 61.7 cm³/mol. The minimum Gasteiger partial charge on any atom is -0.378 e. The van der Waals surface area contributed by atoms with Gasteiger partial charge in [-0.25, -0.2) is 13.2 Å². The van der Waals surface area contributed by atoms with Crippen LogP contribution in [0.15, 0.2) is 12.1 Å². The second kappa shape index (κ2) is 5.71. The molecule has 5 heteroatoms. The molecule has 2 atom stereocenters. The van der Waals surface area contributed by atoms with Crippen molar-refractivity contribution in [1.29, 1.82) is 0 Å². The zero-order chi connectivity index (χ0) is 13.1. The van der Waals surface area contributed by atoms with Crippen molar-refractivity contribution in [3.8, 4) is 0 Å². The van der Waals surface area contributed by atoms with E-state index >= 15 is 0 Å². The Morgan fingerprint density at radius 3 is 2.50 bits per heavy atom. The number of hydrogen-bond acceptors (Lipinski definition) is 2. The molecular weight excluding hydrogens is 243 g/mol. The van der Waals surface area contributed by atoms with Crippen molar-refractivity contribution in [2.24, 2.45) is 0 Å². The minimum atomic E-state index is -1.43. The molecule has 0 aliphatic carbocycles. The molecule has 18 heavy (non-hydrogen) atoms. The average molecular weight is 259 g/mol. The Balaban J connectivity index is 2.16. The number of halogens is 3. The number of ether oxygens (including phenoxy) is 1. The molecule has 1 aliphatic heterocycles. The summed E-state index contributed by atoms with van der Waals surface area (Å²) in [7, 11) is 1.71. The molecule has 1 heterocycles. The average Bonchev–Trinajstić information content (AvgIpc) is 2.85. The standard InChI is InChI=1S/C13H16F3NO/c1-17-12(7-9-3-2-4-18-9)8-5-10(14)13(16)11(15)6-8/h5-6,9,12,17H,2-4,7H2,1H3. The van der Waals surface area contributed by atoms with Crippen molar-refractivity contribution in [2.75, 3.05) is 13.7 Å². The lowest BCUT2D eigenvalue weighted by Gasteiger charge is -2.20. The van der Waals surface area contributed by atoms with Crippen LogP contribution in [0.4, 0.5) is 13.2 Å². The van der Waals surface area contributed by atoms with Crippen molar-refractivity contribution < 1.29 is 17.9 Å². The van der Waals surface area contributed by atoms with Gasteiger partial charge in [0.2, 0.25) is 0 Å². The first kappa shape index (κ1) is 13.4. The second-order valence-electron chi connectivity index (χ2n) is 4.51. The van der Waals surface area contributed by atoms with E-state index in [2.05, 4.69) is 5.32 Å². The Morgan fingerprint density at radius 1 is 1.33 bits per heavy atom. The van der Waals surface area contributed by atoms with E-state index in [-0.39, 0.29) is 12.1 Å². The van der Waals surface area contributed by atoms with Crippen LogP contribution in [-0.2, 0) is 4.74 Å². The highest BCUT2D eigenvalue weighted by Gasteiger charge is 2.22. The molecule has 1 fully saturated rings. The minimum absolute atomic E-state index is 0.0959. The highest BCUT2D eigenvalue weighted by Crippen LogP contribution is 2.26. The summed E-state index contributed by atoms with van der Waals surface area (Å²) < 4.78 is 44.7.